The number of rotatable bonds is 12. The number of nitrogens with one attached hydrogen (secondary N) is 2. The predicted molar refractivity (Wildman–Crippen MR) is 146 cm³/mol. The fraction of sp³-hybridized carbons (Fsp3) is 0.458. The van der Waals surface area contributed by atoms with Crippen molar-refractivity contribution in [1.82, 2.24) is 35.7 Å². The molecule has 3 unspecified atom stereocenters. The summed E-state index contributed by atoms with van der Waals surface area (Å²) >= 11 is 2.52. The molecule has 0 spiro atoms. The monoisotopic (exact) mass is 590 g/mol. The van der Waals surface area contributed by atoms with Crippen LogP contribution in [0.1, 0.15) is 38.3 Å². The summed E-state index contributed by atoms with van der Waals surface area (Å²) in [7, 11) is 0. The van der Waals surface area contributed by atoms with E-state index < -0.39 is 40.5 Å². The van der Waals surface area contributed by atoms with Gasteiger partial charge in [0.25, 0.3) is 5.91 Å². The number of tetrazole rings is 1. The van der Waals surface area contributed by atoms with Crippen LogP contribution in [0, 0.1) is 0 Å². The number of β-lactam (4-membered cyclic amide) rings is 1. The smallest absolute Gasteiger partial charge is 0.352 e. The average Bonchev–Trinajstić information content (AvgIpc) is 3.46. The molecule has 4 rings (SSSR count). The highest BCUT2D eigenvalue weighted by Gasteiger charge is 2.55. The molecule has 1 aromatic heterocycles. The van der Waals surface area contributed by atoms with Crippen LogP contribution in [0.15, 0.2) is 40.7 Å². The third-order valence-electron chi connectivity index (χ3n) is 6.74. The van der Waals surface area contributed by atoms with Crippen molar-refractivity contribution in [2.45, 2.75) is 54.6 Å². The molecule has 3 amide bonds. The fourth-order valence-corrected chi connectivity index (χ4v) is 7.14. The van der Waals surface area contributed by atoms with Crippen LogP contribution < -0.4 is 11.1 Å². The summed E-state index contributed by atoms with van der Waals surface area (Å²) in [6.45, 7) is 4.90. The van der Waals surface area contributed by atoms with E-state index in [4.69, 9.17) is 5.73 Å². The van der Waals surface area contributed by atoms with Gasteiger partial charge in [-0.1, -0.05) is 23.9 Å². The molecule has 14 nitrogen and oxygen atoms in total. The van der Waals surface area contributed by atoms with E-state index >= 15 is 0 Å². The first-order valence-electron chi connectivity index (χ1n) is 12.6. The van der Waals surface area contributed by atoms with Gasteiger partial charge in [-0.3, -0.25) is 19.3 Å². The molecular formula is C24H30N8O6S2. The number of phenols is 1. The molecule has 0 aliphatic carbocycles. The van der Waals surface area contributed by atoms with Gasteiger partial charge < -0.3 is 26.2 Å². The van der Waals surface area contributed by atoms with Gasteiger partial charge in [-0.15, -0.1) is 16.9 Å². The number of phenolic OH excluding ortho intramolecular Hbond substituents is 1. The third kappa shape index (κ3) is 6.08. The van der Waals surface area contributed by atoms with Gasteiger partial charge in [-0.05, 0) is 54.0 Å². The summed E-state index contributed by atoms with van der Waals surface area (Å²) in [5, 5.41) is 35.2. The van der Waals surface area contributed by atoms with Crippen LogP contribution in [0.3, 0.4) is 0 Å². The molecule has 2 aliphatic rings. The number of H-pyrrole nitrogens is 1. The molecule has 4 atom stereocenters. The number of carboxylic acids is 1. The SMILES string of the molecule is CCN(CC)C(=O)CCC(Sc1nnn[nH]1)C1=C(C(=O)O)N2C(=O)C(NC(=O)C(N)c3ccc(O)cc3)[C@@H]2SC1. The lowest BCUT2D eigenvalue weighted by Crippen LogP contribution is -2.71. The zero-order valence-corrected chi connectivity index (χ0v) is 23.4. The largest absolute Gasteiger partial charge is 0.508 e. The Hall–Kier alpha value is -3.63. The summed E-state index contributed by atoms with van der Waals surface area (Å²) in [6.07, 6.45) is 0.481. The zero-order valence-electron chi connectivity index (χ0n) is 21.8. The van der Waals surface area contributed by atoms with E-state index in [1.54, 1.807) is 4.90 Å². The molecule has 16 heteroatoms. The van der Waals surface area contributed by atoms with Crippen molar-refractivity contribution in [3.05, 3.63) is 41.1 Å². The van der Waals surface area contributed by atoms with E-state index in [2.05, 4.69) is 25.9 Å². The number of hydrogen-bond acceptors (Lipinski definition) is 11. The number of carboxylic acid groups (broad SMARTS) is 1. The Balaban J connectivity index is 1.54. The molecule has 2 aliphatic heterocycles. The van der Waals surface area contributed by atoms with E-state index in [9.17, 15) is 29.4 Å². The normalized spacial score (nSPS) is 19.9. The Labute approximate surface area is 238 Å². The van der Waals surface area contributed by atoms with E-state index in [0.717, 1.165) is 0 Å². The molecule has 6 N–H and O–H groups in total. The van der Waals surface area contributed by atoms with Gasteiger partial charge in [-0.2, -0.15) is 0 Å². The molecule has 0 radical (unpaired) electrons. The van der Waals surface area contributed by atoms with Crippen LogP contribution in [0.5, 0.6) is 5.75 Å². The van der Waals surface area contributed by atoms with Crippen LogP contribution in [0.2, 0.25) is 0 Å². The maximum Gasteiger partial charge on any atom is 0.352 e. The highest BCUT2D eigenvalue weighted by molar-refractivity contribution is 8.01. The van der Waals surface area contributed by atoms with Crippen molar-refractivity contribution in [3.8, 4) is 5.75 Å². The lowest BCUT2D eigenvalue weighted by Gasteiger charge is -2.50. The van der Waals surface area contributed by atoms with Gasteiger partial charge in [-0.25, -0.2) is 9.89 Å². The van der Waals surface area contributed by atoms with E-state index in [1.807, 2.05) is 13.8 Å². The van der Waals surface area contributed by atoms with Crippen LogP contribution >= 0.6 is 23.5 Å². The van der Waals surface area contributed by atoms with Gasteiger partial charge in [0.05, 0.1) is 0 Å². The number of amides is 3. The number of benzene rings is 1. The molecule has 0 bridgehead atoms. The first-order valence-corrected chi connectivity index (χ1v) is 14.5. The number of nitrogens with zero attached hydrogens (tertiary/aromatic N) is 5. The first-order chi connectivity index (χ1) is 19.2. The van der Waals surface area contributed by atoms with Crippen molar-refractivity contribution in [1.29, 1.82) is 0 Å². The second kappa shape index (κ2) is 12.7. The highest BCUT2D eigenvalue weighted by Crippen LogP contribution is 2.44. The summed E-state index contributed by atoms with van der Waals surface area (Å²) in [5.41, 5.74) is 6.81. The number of carbonyl (C=O) groups is 4. The number of hydrogen-bond donors (Lipinski definition) is 5. The number of aromatic amines is 1. The molecule has 3 heterocycles. The second-order valence-corrected chi connectivity index (χ2v) is 11.4. The molecule has 0 saturated carbocycles. The Bertz CT molecular complexity index is 1280. The van der Waals surface area contributed by atoms with Gasteiger partial charge in [0, 0.05) is 30.5 Å². The van der Waals surface area contributed by atoms with E-state index in [0.29, 0.717) is 35.8 Å². The number of aliphatic carboxylic acids is 1. The third-order valence-corrected chi connectivity index (χ3v) is 9.24. The molecule has 1 saturated heterocycles. The molecule has 214 valence electrons. The molecular weight excluding hydrogens is 560 g/mol. The van der Waals surface area contributed by atoms with E-state index in [-0.39, 0.29) is 29.5 Å². The van der Waals surface area contributed by atoms with E-state index in [1.165, 1.54) is 52.7 Å². The number of carbonyl (C=O) groups excluding carboxylic acids is 3. The minimum absolute atomic E-state index is 0.0250. The fourth-order valence-electron chi connectivity index (χ4n) is 4.59. The molecule has 40 heavy (non-hydrogen) atoms. The van der Waals surface area contributed by atoms with Gasteiger partial charge in [0.15, 0.2) is 0 Å². The quantitative estimate of drug-likeness (QED) is 0.169. The minimum atomic E-state index is -1.28. The molecule has 1 fully saturated rings. The first kappa shape index (κ1) is 29.4. The lowest BCUT2D eigenvalue weighted by molar-refractivity contribution is -0.150. The maximum absolute atomic E-state index is 13.2. The molecule has 1 aromatic carbocycles. The van der Waals surface area contributed by atoms with Crippen molar-refractivity contribution >= 4 is 47.2 Å². The number of fused-ring (bicyclic) bond motifs is 1. The van der Waals surface area contributed by atoms with Gasteiger partial charge in [0.1, 0.15) is 28.9 Å². The van der Waals surface area contributed by atoms with Gasteiger partial charge in [0.2, 0.25) is 17.0 Å². The zero-order chi connectivity index (χ0) is 29.0. The minimum Gasteiger partial charge on any atom is -0.508 e. The Kier molecular flexibility index (Phi) is 9.32. The Morgan fingerprint density at radius 3 is 2.58 bits per heavy atom. The van der Waals surface area contributed by atoms with Crippen molar-refractivity contribution in [2.24, 2.45) is 5.73 Å². The summed E-state index contributed by atoms with van der Waals surface area (Å²) in [6, 6.07) is 3.79. The Morgan fingerprint density at radius 2 is 1.98 bits per heavy atom. The average molecular weight is 591 g/mol. The number of aromatic nitrogens is 4. The van der Waals surface area contributed by atoms with Crippen molar-refractivity contribution in [2.75, 3.05) is 18.8 Å². The van der Waals surface area contributed by atoms with Crippen LogP contribution in [0.25, 0.3) is 0 Å². The summed E-state index contributed by atoms with van der Waals surface area (Å²) < 4.78 is 0. The topological polar surface area (TPSA) is 208 Å². The van der Waals surface area contributed by atoms with Crippen molar-refractivity contribution < 1.29 is 29.4 Å². The van der Waals surface area contributed by atoms with Crippen molar-refractivity contribution in [3.63, 3.8) is 0 Å². The molecule has 2 aromatic rings. The number of nitrogens with two attached hydrogens (primary N) is 1. The van der Waals surface area contributed by atoms with Crippen LogP contribution in [0.4, 0.5) is 0 Å². The number of thioether (sulfide) groups is 2. The maximum atomic E-state index is 13.2. The standard InChI is InChI=1S/C24H30N8O6S2/c1-3-31(4-2)16(34)10-9-15(40-24-27-29-30-28-24)14-11-39-22-18(21(36)32(22)19(14)23(37)38)26-20(35)17(25)12-5-7-13(33)8-6-12/h5-8,15,17-18,22,33H,3-4,9-11,25H2,1-2H3,(H,26,35)(H,37,38)(H,27,28,29,30)/t15?,17?,18?,22-/m0/s1. The summed E-state index contributed by atoms with van der Waals surface area (Å²) in [4.78, 5) is 54.1. The highest BCUT2D eigenvalue weighted by atomic mass is 32.2. The van der Waals surface area contributed by atoms with Crippen LogP contribution in [-0.2, 0) is 19.2 Å². The number of aromatic hydroxyl groups is 1. The Morgan fingerprint density at radius 1 is 1.27 bits per heavy atom. The predicted octanol–water partition coefficient (Wildman–Crippen LogP) is 0.453. The lowest BCUT2D eigenvalue weighted by atomic mass is 9.99. The second-order valence-electron chi connectivity index (χ2n) is 9.06. The summed E-state index contributed by atoms with van der Waals surface area (Å²) in [5.74, 6) is -2.23. The van der Waals surface area contributed by atoms with Crippen LogP contribution in [-0.4, -0.2) is 99.8 Å². The van der Waals surface area contributed by atoms with Gasteiger partial charge >= 0.3 is 5.97 Å².